The molecule has 0 N–H and O–H groups in total. The van der Waals surface area contributed by atoms with Crippen LogP contribution in [0.3, 0.4) is 0 Å². The minimum Gasteiger partial charge on any atom is -0.455 e. The average molecular weight is 512 g/mol. The van der Waals surface area contributed by atoms with Gasteiger partial charge in [0.25, 0.3) is 0 Å². The van der Waals surface area contributed by atoms with Crippen LogP contribution >= 0.6 is 0 Å². The lowest BCUT2D eigenvalue weighted by atomic mass is 9.97. The van der Waals surface area contributed by atoms with E-state index in [0.717, 1.165) is 77.0 Å². The van der Waals surface area contributed by atoms with Gasteiger partial charge in [0.05, 0.1) is 11.1 Å². The third kappa shape index (κ3) is 3.09. The van der Waals surface area contributed by atoms with Crippen molar-refractivity contribution in [2.45, 2.75) is 0 Å². The molecule has 0 radical (unpaired) electrons. The van der Waals surface area contributed by atoms with Crippen LogP contribution in [0.25, 0.3) is 87.8 Å². The van der Waals surface area contributed by atoms with Gasteiger partial charge in [-0.05, 0) is 69.6 Å². The summed E-state index contributed by atoms with van der Waals surface area (Å²) in [7, 11) is 0. The van der Waals surface area contributed by atoms with Crippen LogP contribution in [0.4, 0.5) is 0 Å². The van der Waals surface area contributed by atoms with E-state index >= 15 is 0 Å². The Labute approximate surface area is 228 Å². The van der Waals surface area contributed by atoms with Gasteiger partial charge in [0.2, 0.25) is 0 Å². The van der Waals surface area contributed by atoms with Gasteiger partial charge in [0.1, 0.15) is 22.3 Å². The second-order valence-corrected chi connectivity index (χ2v) is 10.4. The van der Waals surface area contributed by atoms with Crippen LogP contribution in [0, 0.1) is 0 Å². The van der Waals surface area contributed by atoms with E-state index in [1.54, 1.807) is 0 Å². The van der Waals surface area contributed by atoms with Crippen LogP contribution in [0.5, 0.6) is 0 Å². The molecule has 0 aliphatic heterocycles. The van der Waals surface area contributed by atoms with Gasteiger partial charge < -0.3 is 8.83 Å². The van der Waals surface area contributed by atoms with Crippen LogP contribution < -0.4 is 0 Å². The molecule has 3 heterocycles. The molecule has 9 rings (SSSR count). The Balaban J connectivity index is 1.44. The molecule has 6 aromatic carbocycles. The lowest BCUT2D eigenvalue weighted by molar-refractivity contribution is 0.664. The smallest absolute Gasteiger partial charge is 0.147 e. The van der Waals surface area contributed by atoms with Crippen molar-refractivity contribution < 1.29 is 8.83 Å². The summed E-state index contributed by atoms with van der Waals surface area (Å²) in [6, 6.07) is 42.3. The number of fused-ring (bicyclic) bond motifs is 9. The highest BCUT2D eigenvalue weighted by Crippen LogP contribution is 2.45. The van der Waals surface area contributed by atoms with Gasteiger partial charge in [0.15, 0.2) is 0 Å². The molecule has 0 bridgehead atoms. The second-order valence-electron chi connectivity index (χ2n) is 10.4. The zero-order chi connectivity index (χ0) is 26.2. The maximum Gasteiger partial charge on any atom is 0.147 e. The molecule has 0 atom stereocenters. The highest BCUT2D eigenvalue weighted by molar-refractivity contribution is 6.27. The number of aromatic nitrogens is 1. The number of nitrogens with zero attached hydrogens (tertiary/aromatic N) is 1. The maximum absolute atomic E-state index is 6.69. The number of hydrogen-bond acceptors (Lipinski definition) is 3. The van der Waals surface area contributed by atoms with E-state index in [4.69, 9.17) is 8.83 Å². The van der Waals surface area contributed by atoms with Crippen molar-refractivity contribution in [2.24, 2.45) is 0 Å². The average Bonchev–Trinajstić information content (AvgIpc) is 3.56. The van der Waals surface area contributed by atoms with E-state index in [2.05, 4.69) is 108 Å². The summed E-state index contributed by atoms with van der Waals surface area (Å²) in [5.74, 6) is 0. The third-order valence-corrected chi connectivity index (χ3v) is 8.05. The number of benzene rings is 6. The van der Waals surface area contributed by atoms with E-state index in [0.29, 0.717) is 0 Å². The molecule has 0 saturated carbocycles. The minimum atomic E-state index is 0.826. The van der Waals surface area contributed by atoms with E-state index < -0.39 is 0 Å². The summed E-state index contributed by atoms with van der Waals surface area (Å²) in [4.78, 5) is 4.68. The van der Waals surface area contributed by atoms with E-state index in [1.807, 2.05) is 24.4 Å². The predicted molar refractivity (Wildman–Crippen MR) is 165 cm³/mol. The lowest BCUT2D eigenvalue weighted by Crippen LogP contribution is -1.86. The van der Waals surface area contributed by atoms with E-state index in [9.17, 15) is 0 Å². The monoisotopic (exact) mass is 511 g/mol. The Morgan fingerprint density at radius 3 is 1.77 bits per heavy atom. The van der Waals surface area contributed by atoms with Crippen molar-refractivity contribution in [2.75, 3.05) is 0 Å². The summed E-state index contributed by atoms with van der Waals surface area (Å²) < 4.78 is 13.4. The fraction of sp³-hybridized carbons (Fsp3) is 0. The molecular formula is C37H21NO2. The van der Waals surface area contributed by atoms with Crippen LogP contribution in [-0.4, -0.2) is 4.98 Å². The number of furan rings is 2. The summed E-state index contributed by atoms with van der Waals surface area (Å²) in [5, 5.41) is 8.92. The van der Waals surface area contributed by atoms with Gasteiger partial charge in [0, 0.05) is 33.5 Å². The van der Waals surface area contributed by atoms with Crippen molar-refractivity contribution >= 4 is 65.4 Å². The zero-order valence-electron chi connectivity index (χ0n) is 21.4. The molecule has 40 heavy (non-hydrogen) atoms. The standard InChI is InChI=1S/C37H21NO2/c1-2-8-22(9-3-1)32-18-27(14-15-38-32)28-21-30-29-16-23-10-4-6-12-25(23)19-33(29)39-37(30)35-31-17-24-11-5-7-13-26(24)20-34(31)40-36(28)35/h1-21H. The summed E-state index contributed by atoms with van der Waals surface area (Å²) in [6.07, 6.45) is 1.88. The van der Waals surface area contributed by atoms with Crippen LogP contribution in [0.15, 0.2) is 136 Å². The van der Waals surface area contributed by atoms with Crippen LogP contribution in [-0.2, 0) is 0 Å². The Bertz CT molecular complexity index is 2430. The van der Waals surface area contributed by atoms with Crippen molar-refractivity contribution in [1.82, 2.24) is 4.98 Å². The predicted octanol–water partition coefficient (Wildman–Crippen LogP) is 10.5. The van der Waals surface area contributed by atoms with Crippen molar-refractivity contribution in [3.63, 3.8) is 0 Å². The maximum atomic E-state index is 6.69. The Hall–Kier alpha value is -5.41. The first-order valence-corrected chi connectivity index (χ1v) is 13.4. The first-order valence-electron chi connectivity index (χ1n) is 13.4. The number of pyridine rings is 1. The Kier molecular flexibility index (Phi) is 4.33. The molecule has 0 spiro atoms. The van der Waals surface area contributed by atoms with Crippen molar-refractivity contribution in [1.29, 1.82) is 0 Å². The Morgan fingerprint density at radius 1 is 0.450 bits per heavy atom. The highest BCUT2D eigenvalue weighted by Gasteiger charge is 2.22. The fourth-order valence-electron chi connectivity index (χ4n) is 6.12. The molecule has 3 heteroatoms. The molecule has 186 valence electrons. The topological polar surface area (TPSA) is 39.2 Å². The van der Waals surface area contributed by atoms with Crippen molar-refractivity contribution in [3.8, 4) is 22.4 Å². The summed E-state index contributed by atoms with van der Waals surface area (Å²) >= 11 is 0. The summed E-state index contributed by atoms with van der Waals surface area (Å²) in [6.45, 7) is 0. The van der Waals surface area contributed by atoms with Crippen molar-refractivity contribution in [3.05, 3.63) is 128 Å². The molecule has 3 aromatic heterocycles. The molecular weight excluding hydrogens is 490 g/mol. The molecule has 3 nitrogen and oxygen atoms in total. The van der Waals surface area contributed by atoms with Crippen LogP contribution in [0.2, 0.25) is 0 Å². The lowest BCUT2D eigenvalue weighted by Gasteiger charge is -2.07. The zero-order valence-corrected chi connectivity index (χ0v) is 21.4. The molecule has 0 amide bonds. The molecule has 0 unspecified atom stereocenters. The van der Waals surface area contributed by atoms with Gasteiger partial charge in [-0.1, -0.05) is 78.9 Å². The van der Waals surface area contributed by atoms with Gasteiger partial charge in [-0.15, -0.1) is 0 Å². The SMILES string of the molecule is c1ccc(-c2cc(-c3cc4c5cc6ccccc6cc5oc4c4c3oc3cc5ccccc5cc34)ccn2)cc1. The second kappa shape index (κ2) is 8.05. The molecule has 0 aliphatic rings. The van der Waals surface area contributed by atoms with Gasteiger partial charge in [-0.25, -0.2) is 0 Å². The van der Waals surface area contributed by atoms with Gasteiger partial charge in [-0.2, -0.15) is 0 Å². The Morgan fingerprint density at radius 2 is 1.05 bits per heavy atom. The molecule has 0 fully saturated rings. The molecule has 0 saturated heterocycles. The largest absolute Gasteiger partial charge is 0.455 e. The fourth-order valence-corrected chi connectivity index (χ4v) is 6.12. The first-order chi connectivity index (χ1) is 19.8. The normalized spacial score (nSPS) is 12.0. The summed E-state index contributed by atoms with van der Waals surface area (Å²) in [5.41, 5.74) is 7.50. The van der Waals surface area contributed by atoms with Gasteiger partial charge in [-0.3, -0.25) is 4.98 Å². The van der Waals surface area contributed by atoms with Crippen LogP contribution in [0.1, 0.15) is 0 Å². The molecule has 9 aromatic rings. The molecule has 0 aliphatic carbocycles. The first kappa shape index (κ1) is 21.5. The quantitative estimate of drug-likeness (QED) is 0.232. The highest BCUT2D eigenvalue weighted by atomic mass is 16.3. The number of hydrogen-bond donors (Lipinski definition) is 0. The minimum absolute atomic E-state index is 0.826. The van der Waals surface area contributed by atoms with E-state index in [-0.39, 0.29) is 0 Å². The van der Waals surface area contributed by atoms with E-state index in [1.165, 1.54) is 10.8 Å². The van der Waals surface area contributed by atoms with Gasteiger partial charge >= 0.3 is 0 Å². The third-order valence-electron chi connectivity index (χ3n) is 8.05. The number of rotatable bonds is 2.